The zero-order valence-electron chi connectivity index (χ0n) is 11.0. The van der Waals surface area contributed by atoms with E-state index in [1.54, 1.807) is 0 Å². The van der Waals surface area contributed by atoms with E-state index in [-0.39, 0.29) is 16.7 Å². The molecule has 17 heavy (non-hydrogen) atoms. The molecule has 4 heteroatoms. The molecular formula is C13H24N2O2. The van der Waals surface area contributed by atoms with Crippen LogP contribution in [0.3, 0.4) is 0 Å². The van der Waals surface area contributed by atoms with Gasteiger partial charge in [-0.05, 0) is 38.1 Å². The van der Waals surface area contributed by atoms with Crippen molar-refractivity contribution in [3.05, 3.63) is 0 Å². The molecule has 0 bridgehead atoms. The highest BCUT2D eigenvalue weighted by molar-refractivity contribution is 5.82. The minimum absolute atomic E-state index is 0.204. The Labute approximate surface area is 103 Å². The largest absolute Gasteiger partial charge is 0.381 e. The summed E-state index contributed by atoms with van der Waals surface area (Å²) in [7, 11) is 0. The van der Waals surface area contributed by atoms with Crippen LogP contribution in [-0.4, -0.2) is 38.8 Å². The van der Waals surface area contributed by atoms with E-state index in [4.69, 9.17) is 4.74 Å². The van der Waals surface area contributed by atoms with Crippen molar-refractivity contribution in [1.29, 1.82) is 0 Å². The Morgan fingerprint density at radius 3 is 2.59 bits per heavy atom. The highest BCUT2D eigenvalue weighted by Gasteiger charge is 2.37. The number of hydrogen-bond donors (Lipinski definition) is 2. The molecule has 0 aliphatic carbocycles. The van der Waals surface area contributed by atoms with Crippen LogP contribution in [-0.2, 0) is 9.53 Å². The third kappa shape index (κ3) is 2.99. The van der Waals surface area contributed by atoms with Gasteiger partial charge >= 0.3 is 0 Å². The van der Waals surface area contributed by atoms with Crippen LogP contribution in [0.15, 0.2) is 0 Å². The molecule has 2 aliphatic heterocycles. The Kier molecular flexibility index (Phi) is 3.73. The van der Waals surface area contributed by atoms with Gasteiger partial charge in [-0.3, -0.25) is 4.79 Å². The molecule has 2 fully saturated rings. The summed E-state index contributed by atoms with van der Waals surface area (Å²) >= 11 is 0. The van der Waals surface area contributed by atoms with Gasteiger partial charge in [-0.25, -0.2) is 0 Å². The van der Waals surface area contributed by atoms with Gasteiger partial charge in [0.15, 0.2) is 0 Å². The number of rotatable bonds is 3. The maximum Gasteiger partial charge on any atom is 0.227 e. The van der Waals surface area contributed by atoms with E-state index >= 15 is 0 Å². The first-order valence-electron chi connectivity index (χ1n) is 6.61. The predicted molar refractivity (Wildman–Crippen MR) is 66.8 cm³/mol. The average molecular weight is 240 g/mol. The molecule has 0 aromatic carbocycles. The lowest BCUT2D eigenvalue weighted by Crippen LogP contribution is -2.45. The number of nitrogens with one attached hydrogen (secondary N) is 2. The summed E-state index contributed by atoms with van der Waals surface area (Å²) in [4.78, 5) is 12.2. The predicted octanol–water partition coefficient (Wildman–Crippen LogP) is 0.919. The Morgan fingerprint density at radius 2 is 2.00 bits per heavy atom. The van der Waals surface area contributed by atoms with Crippen molar-refractivity contribution in [2.45, 2.75) is 33.1 Å². The maximum absolute atomic E-state index is 12.2. The Bertz CT molecular complexity index is 279. The van der Waals surface area contributed by atoms with Crippen molar-refractivity contribution >= 4 is 5.91 Å². The van der Waals surface area contributed by atoms with Gasteiger partial charge in [0.2, 0.25) is 5.91 Å². The van der Waals surface area contributed by atoms with Crippen molar-refractivity contribution in [1.82, 2.24) is 10.6 Å². The summed E-state index contributed by atoms with van der Waals surface area (Å²) in [6, 6.07) is 0. The zero-order chi connectivity index (χ0) is 12.4. The maximum atomic E-state index is 12.2. The molecule has 0 spiro atoms. The molecule has 2 rings (SSSR count). The average Bonchev–Trinajstić information content (AvgIpc) is 2.75. The molecule has 4 nitrogen and oxygen atoms in total. The summed E-state index contributed by atoms with van der Waals surface area (Å²) in [5.74, 6) is 0.204. The summed E-state index contributed by atoms with van der Waals surface area (Å²) < 4.78 is 5.37. The van der Waals surface area contributed by atoms with Crippen LogP contribution in [0.2, 0.25) is 0 Å². The van der Waals surface area contributed by atoms with E-state index in [0.29, 0.717) is 0 Å². The summed E-state index contributed by atoms with van der Waals surface area (Å²) in [6.45, 7) is 8.48. The molecule has 1 unspecified atom stereocenters. The molecule has 0 saturated carbocycles. The summed E-state index contributed by atoms with van der Waals surface area (Å²) in [5, 5.41) is 6.40. The number of ether oxygens (including phenoxy) is 1. The van der Waals surface area contributed by atoms with E-state index < -0.39 is 0 Å². The van der Waals surface area contributed by atoms with Gasteiger partial charge in [0, 0.05) is 26.3 Å². The third-order valence-corrected chi connectivity index (χ3v) is 4.29. The van der Waals surface area contributed by atoms with E-state index in [0.717, 1.165) is 52.1 Å². The third-order valence-electron chi connectivity index (χ3n) is 4.29. The lowest BCUT2D eigenvalue weighted by Gasteiger charge is -2.34. The molecule has 2 saturated heterocycles. The minimum Gasteiger partial charge on any atom is -0.381 e. The van der Waals surface area contributed by atoms with Gasteiger partial charge in [0.05, 0.1) is 5.41 Å². The first kappa shape index (κ1) is 12.8. The smallest absolute Gasteiger partial charge is 0.227 e. The Hall–Kier alpha value is -0.610. The van der Waals surface area contributed by atoms with Gasteiger partial charge in [-0.15, -0.1) is 0 Å². The second-order valence-corrected chi connectivity index (χ2v) is 6.09. The lowest BCUT2D eigenvalue weighted by molar-refractivity contribution is -0.130. The van der Waals surface area contributed by atoms with Crippen LogP contribution in [0.25, 0.3) is 0 Å². The molecule has 2 heterocycles. The van der Waals surface area contributed by atoms with Gasteiger partial charge in [-0.1, -0.05) is 6.92 Å². The standard InChI is InChI=1S/C13H24N2O2/c1-12(4-7-17-8-5-12)9-15-11(16)13(2)3-6-14-10-13/h14H,3-10H2,1-2H3,(H,15,16). The molecule has 1 atom stereocenters. The summed E-state index contributed by atoms with van der Waals surface area (Å²) in [5.41, 5.74) is 0.0117. The molecule has 1 amide bonds. The molecule has 2 aliphatic rings. The van der Waals surface area contributed by atoms with Gasteiger partial charge in [-0.2, -0.15) is 0 Å². The SMILES string of the molecule is CC1(CNC(=O)C2(C)CCNC2)CCOCC1. The fourth-order valence-electron chi connectivity index (χ4n) is 2.56. The topological polar surface area (TPSA) is 50.4 Å². The molecule has 2 N–H and O–H groups in total. The zero-order valence-corrected chi connectivity index (χ0v) is 11.0. The van der Waals surface area contributed by atoms with Crippen LogP contribution in [0, 0.1) is 10.8 Å². The molecule has 0 aromatic rings. The van der Waals surface area contributed by atoms with Crippen LogP contribution in [0.5, 0.6) is 0 Å². The highest BCUT2D eigenvalue weighted by atomic mass is 16.5. The lowest BCUT2D eigenvalue weighted by atomic mass is 9.81. The number of carbonyl (C=O) groups is 1. The van der Waals surface area contributed by atoms with E-state index in [1.807, 2.05) is 0 Å². The molecule has 0 radical (unpaired) electrons. The Balaban J connectivity index is 1.83. The van der Waals surface area contributed by atoms with Crippen molar-refractivity contribution in [3.8, 4) is 0 Å². The number of carbonyl (C=O) groups excluding carboxylic acids is 1. The first-order valence-corrected chi connectivity index (χ1v) is 6.61. The second kappa shape index (κ2) is 4.94. The molecule has 98 valence electrons. The Morgan fingerprint density at radius 1 is 1.29 bits per heavy atom. The van der Waals surface area contributed by atoms with E-state index in [2.05, 4.69) is 24.5 Å². The second-order valence-electron chi connectivity index (χ2n) is 6.09. The van der Waals surface area contributed by atoms with Crippen LogP contribution < -0.4 is 10.6 Å². The minimum atomic E-state index is -0.207. The monoisotopic (exact) mass is 240 g/mol. The van der Waals surface area contributed by atoms with Crippen molar-refractivity contribution in [2.24, 2.45) is 10.8 Å². The van der Waals surface area contributed by atoms with Crippen LogP contribution in [0.1, 0.15) is 33.1 Å². The summed E-state index contributed by atoms with van der Waals surface area (Å²) in [6.07, 6.45) is 3.03. The van der Waals surface area contributed by atoms with Gasteiger partial charge in [0.25, 0.3) is 0 Å². The fraction of sp³-hybridized carbons (Fsp3) is 0.923. The number of hydrogen-bond acceptors (Lipinski definition) is 3. The van der Waals surface area contributed by atoms with Crippen LogP contribution >= 0.6 is 0 Å². The molecular weight excluding hydrogens is 216 g/mol. The fourth-order valence-corrected chi connectivity index (χ4v) is 2.56. The van der Waals surface area contributed by atoms with Crippen molar-refractivity contribution < 1.29 is 9.53 Å². The number of amides is 1. The van der Waals surface area contributed by atoms with Crippen molar-refractivity contribution in [2.75, 3.05) is 32.8 Å². The van der Waals surface area contributed by atoms with Crippen molar-refractivity contribution in [3.63, 3.8) is 0 Å². The quantitative estimate of drug-likeness (QED) is 0.771. The van der Waals surface area contributed by atoms with E-state index in [1.165, 1.54) is 0 Å². The van der Waals surface area contributed by atoms with Gasteiger partial charge in [0.1, 0.15) is 0 Å². The van der Waals surface area contributed by atoms with Crippen LogP contribution in [0.4, 0.5) is 0 Å². The van der Waals surface area contributed by atoms with E-state index in [9.17, 15) is 4.79 Å². The highest BCUT2D eigenvalue weighted by Crippen LogP contribution is 2.30. The first-order chi connectivity index (χ1) is 8.04. The van der Waals surface area contributed by atoms with Gasteiger partial charge < -0.3 is 15.4 Å². The normalized spacial score (nSPS) is 32.4. The molecule has 0 aromatic heterocycles.